The highest BCUT2D eigenvalue weighted by atomic mass is 32.2. The number of nitrogens with one attached hydrogen (secondary N) is 1. The highest BCUT2D eigenvalue weighted by Crippen LogP contribution is 2.27. The predicted octanol–water partition coefficient (Wildman–Crippen LogP) is 3.49. The van der Waals surface area contributed by atoms with Gasteiger partial charge in [-0.3, -0.25) is 9.36 Å². The van der Waals surface area contributed by atoms with Gasteiger partial charge < -0.3 is 10.7 Å². The summed E-state index contributed by atoms with van der Waals surface area (Å²) in [6.45, 7) is 2.49. The summed E-state index contributed by atoms with van der Waals surface area (Å²) in [5.41, 5.74) is 9.87. The monoisotopic (exact) mass is 443 g/mol. The van der Waals surface area contributed by atoms with E-state index < -0.39 is 0 Å². The summed E-state index contributed by atoms with van der Waals surface area (Å²) >= 11 is 1.45. The van der Waals surface area contributed by atoms with Crippen LogP contribution in [0.2, 0.25) is 0 Å². The van der Waals surface area contributed by atoms with Gasteiger partial charge in [0.05, 0.1) is 23.0 Å². The lowest BCUT2D eigenvalue weighted by Gasteiger charge is -2.14. The van der Waals surface area contributed by atoms with E-state index in [2.05, 4.69) is 32.1 Å². The minimum absolute atomic E-state index is 0.0199. The lowest BCUT2D eigenvalue weighted by atomic mass is 10.1. The molecule has 3 aromatic heterocycles. The predicted molar refractivity (Wildman–Crippen MR) is 127 cm³/mol. The molecule has 0 aliphatic heterocycles. The van der Waals surface area contributed by atoms with Crippen LogP contribution >= 0.6 is 11.8 Å². The fraction of sp³-hybridized carbons (Fsp3) is 0.174. The van der Waals surface area contributed by atoms with Crippen molar-refractivity contribution in [2.75, 3.05) is 5.73 Å². The number of imidazole rings is 1. The molecule has 5 aromatic rings. The molecular formula is C23H21N7OS. The summed E-state index contributed by atoms with van der Waals surface area (Å²) in [7, 11) is 0. The average Bonchev–Trinajstić information content (AvgIpc) is 3.26. The minimum atomic E-state index is -0.0199. The first kappa shape index (κ1) is 20.2. The van der Waals surface area contributed by atoms with E-state index in [9.17, 15) is 4.79 Å². The topological polar surface area (TPSA) is 115 Å². The van der Waals surface area contributed by atoms with Crippen molar-refractivity contribution in [3.63, 3.8) is 0 Å². The Hall–Kier alpha value is -3.72. The molecule has 3 heterocycles. The summed E-state index contributed by atoms with van der Waals surface area (Å²) in [5.74, 6) is 1.31. The Morgan fingerprint density at radius 2 is 1.91 bits per heavy atom. The van der Waals surface area contributed by atoms with Crippen LogP contribution in [0.25, 0.3) is 22.1 Å². The first-order valence-electron chi connectivity index (χ1n) is 10.2. The van der Waals surface area contributed by atoms with E-state index in [1.165, 1.54) is 17.3 Å². The third kappa shape index (κ3) is 3.82. The number of nitrogens with zero attached hydrogens (tertiary/aromatic N) is 5. The maximum Gasteiger partial charge on any atom is 0.261 e. The third-order valence-corrected chi connectivity index (χ3v) is 6.32. The van der Waals surface area contributed by atoms with Crippen molar-refractivity contribution in [2.45, 2.75) is 30.7 Å². The molecular weight excluding hydrogens is 422 g/mol. The van der Waals surface area contributed by atoms with E-state index in [4.69, 9.17) is 10.7 Å². The molecule has 9 heteroatoms. The number of rotatable bonds is 6. The van der Waals surface area contributed by atoms with Gasteiger partial charge in [0.1, 0.15) is 16.4 Å². The molecule has 0 aliphatic carbocycles. The summed E-state index contributed by atoms with van der Waals surface area (Å²) < 4.78 is 1.78. The van der Waals surface area contributed by atoms with E-state index in [-0.39, 0.29) is 11.5 Å². The van der Waals surface area contributed by atoms with Crippen molar-refractivity contribution in [3.8, 4) is 0 Å². The van der Waals surface area contributed by atoms with Gasteiger partial charge >= 0.3 is 0 Å². The number of H-pyrrole nitrogens is 1. The van der Waals surface area contributed by atoms with Gasteiger partial charge in [0, 0.05) is 6.54 Å². The number of nitrogens with two attached hydrogens (primary N) is 1. The molecule has 0 fully saturated rings. The molecule has 0 radical (unpaired) electrons. The fourth-order valence-electron chi connectivity index (χ4n) is 3.76. The Labute approximate surface area is 188 Å². The van der Waals surface area contributed by atoms with Crippen LogP contribution in [0.4, 0.5) is 5.95 Å². The molecule has 3 N–H and O–H groups in total. The Morgan fingerprint density at radius 1 is 1.06 bits per heavy atom. The molecule has 5 rings (SSSR count). The zero-order chi connectivity index (χ0) is 22.1. The molecule has 160 valence electrons. The molecule has 0 atom stereocenters. The van der Waals surface area contributed by atoms with Gasteiger partial charge in [-0.05, 0) is 30.5 Å². The molecule has 0 amide bonds. The Bertz CT molecular complexity index is 1480. The van der Waals surface area contributed by atoms with Gasteiger partial charge in [-0.15, -0.1) is 0 Å². The first-order chi connectivity index (χ1) is 15.6. The van der Waals surface area contributed by atoms with E-state index in [0.29, 0.717) is 39.7 Å². The number of aryl methyl sites for hydroxylation is 2. The molecule has 0 aliphatic rings. The highest BCUT2D eigenvalue weighted by Gasteiger charge is 2.15. The van der Waals surface area contributed by atoms with Crippen LogP contribution in [0.1, 0.15) is 17.0 Å². The second-order valence-corrected chi connectivity index (χ2v) is 8.43. The van der Waals surface area contributed by atoms with Crippen molar-refractivity contribution >= 4 is 39.8 Å². The van der Waals surface area contributed by atoms with E-state index in [1.54, 1.807) is 10.9 Å². The third-order valence-electron chi connectivity index (χ3n) is 5.35. The zero-order valence-electron chi connectivity index (χ0n) is 17.4. The van der Waals surface area contributed by atoms with Crippen molar-refractivity contribution in [1.29, 1.82) is 0 Å². The average molecular weight is 444 g/mol. The highest BCUT2D eigenvalue weighted by molar-refractivity contribution is 7.98. The first-order valence-corrected chi connectivity index (χ1v) is 11.2. The van der Waals surface area contributed by atoms with Crippen molar-refractivity contribution in [1.82, 2.24) is 29.5 Å². The van der Waals surface area contributed by atoms with Crippen LogP contribution in [0.15, 0.2) is 64.7 Å². The molecule has 0 saturated carbocycles. The maximum absolute atomic E-state index is 13.5. The Morgan fingerprint density at radius 3 is 2.75 bits per heavy atom. The van der Waals surface area contributed by atoms with E-state index in [0.717, 1.165) is 17.5 Å². The maximum atomic E-state index is 13.5. The number of thioether (sulfide) groups is 1. The zero-order valence-corrected chi connectivity index (χ0v) is 18.3. The van der Waals surface area contributed by atoms with Crippen LogP contribution < -0.4 is 11.3 Å². The Kier molecular flexibility index (Phi) is 5.32. The van der Waals surface area contributed by atoms with Crippen LogP contribution in [-0.2, 0) is 18.7 Å². The molecule has 0 bridgehead atoms. The number of nitrogen functional groups attached to an aromatic ring is 1. The number of anilines is 1. The van der Waals surface area contributed by atoms with Gasteiger partial charge in [0.15, 0.2) is 5.65 Å². The van der Waals surface area contributed by atoms with E-state index in [1.807, 2.05) is 43.3 Å². The number of aromatic nitrogens is 6. The van der Waals surface area contributed by atoms with E-state index >= 15 is 0 Å². The van der Waals surface area contributed by atoms with Crippen LogP contribution in [0, 0.1) is 6.92 Å². The summed E-state index contributed by atoms with van der Waals surface area (Å²) in [4.78, 5) is 34.1. The Balaban J connectivity index is 1.54. The molecule has 0 unspecified atom stereocenters. The molecule has 0 saturated heterocycles. The van der Waals surface area contributed by atoms with Gasteiger partial charge in [0.2, 0.25) is 5.95 Å². The number of aromatic amines is 1. The SMILES string of the molecule is Cc1cccc2nc(CSc3nc(N)nc4nc[nH]c34)n(CCc3ccccc3)c(=O)c12. The lowest BCUT2D eigenvalue weighted by Crippen LogP contribution is -2.26. The van der Waals surface area contributed by atoms with Crippen LogP contribution in [0.5, 0.6) is 0 Å². The largest absolute Gasteiger partial charge is 0.368 e. The summed E-state index contributed by atoms with van der Waals surface area (Å²) in [5, 5.41) is 1.34. The van der Waals surface area contributed by atoms with Gasteiger partial charge in [-0.25, -0.2) is 15.0 Å². The normalized spacial score (nSPS) is 11.4. The minimum Gasteiger partial charge on any atom is -0.368 e. The smallest absolute Gasteiger partial charge is 0.261 e. The van der Waals surface area contributed by atoms with Crippen LogP contribution in [-0.4, -0.2) is 29.5 Å². The van der Waals surface area contributed by atoms with Gasteiger partial charge in [0.25, 0.3) is 5.56 Å². The van der Waals surface area contributed by atoms with Crippen LogP contribution in [0.3, 0.4) is 0 Å². The van der Waals surface area contributed by atoms with Crippen molar-refractivity contribution in [3.05, 3.63) is 82.2 Å². The number of hydrogen-bond donors (Lipinski definition) is 2. The lowest BCUT2D eigenvalue weighted by molar-refractivity contribution is 0.635. The van der Waals surface area contributed by atoms with Crippen molar-refractivity contribution in [2.24, 2.45) is 0 Å². The van der Waals surface area contributed by atoms with Gasteiger partial charge in [-0.1, -0.05) is 54.2 Å². The fourth-order valence-corrected chi connectivity index (χ4v) is 4.70. The quantitative estimate of drug-likeness (QED) is 0.305. The van der Waals surface area contributed by atoms with Crippen molar-refractivity contribution < 1.29 is 0 Å². The molecule has 32 heavy (non-hydrogen) atoms. The number of fused-ring (bicyclic) bond motifs is 2. The van der Waals surface area contributed by atoms with Gasteiger partial charge in [-0.2, -0.15) is 4.98 Å². The standard InChI is InChI=1S/C23H21N7OS/c1-14-6-5-9-16-18(14)22(31)30(11-10-15-7-3-2-4-8-15)17(27-16)12-32-21-19-20(26-13-25-19)28-23(24)29-21/h2-9,13H,10-12H2,1H3,(H3,24,25,26,28,29). The summed E-state index contributed by atoms with van der Waals surface area (Å²) in [6.07, 6.45) is 2.30. The number of hydrogen-bond acceptors (Lipinski definition) is 7. The second kappa shape index (κ2) is 8.43. The summed E-state index contributed by atoms with van der Waals surface area (Å²) in [6, 6.07) is 15.9. The molecule has 2 aromatic carbocycles. The molecule has 8 nitrogen and oxygen atoms in total. The molecule has 0 spiro atoms. The number of benzene rings is 2. The second-order valence-electron chi connectivity index (χ2n) is 7.47.